The Bertz CT molecular complexity index is 87.7. The van der Waals surface area contributed by atoms with Gasteiger partial charge in [-0.1, -0.05) is 6.08 Å². The van der Waals surface area contributed by atoms with Gasteiger partial charge in [-0.05, 0) is 6.20 Å². The molecular formula is C4H7NO2. The van der Waals surface area contributed by atoms with Gasteiger partial charge in [0.2, 0.25) is 0 Å². The fourth-order valence-electron chi connectivity index (χ4n) is 0.169. The Balaban J connectivity index is 3.14. The lowest BCUT2D eigenvalue weighted by atomic mass is 10.4. The molecular weight excluding hydrogens is 94.0 g/mol. The topological polar surface area (TPSA) is 63.3 Å². The van der Waals surface area contributed by atoms with E-state index in [-0.39, 0.29) is 6.42 Å². The number of hydrogen-bond donors (Lipinski definition) is 2. The molecule has 0 saturated heterocycles. The van der Waals surface area contributed by atoms with E-state index in [4.69, 9.17) is 10.8 Å². The summed E-state index contributed by atoms with van der Waals surface area (Å²) >= 11 is 0. The molecule has 0 bridgehead atoms. The Morgan fingerprint density at radius 1 is 1.86 bits per heavy atom. The fraction of sp³-hybridized carbons (Fsp3) is 0.250. The van der Waals surface area contributed by atoms with E-state index in [0.29, 0.717) is 0 Å². The highest BCUT2D eigenvalue weighted by atomic mass is 16.4. The Morgan fingerprint density at radius 3 is 2.57 bits per heavy atom. The lowest BCUT2D eigenvalue weighted by molar-refractivity contribution is -0.136. The van der Waals surface area contributed by atoms with E-state index in [1.54, 1.807) is 0 Å². The van der Waals surface area contributed by atoms with Crippen LogP contribution in [0.4, 0.5) is 0 Å². The third-order valence-corrected chi connectivity index (χ3v) is 0.429. The van der Waals surface area contributed by atoms with Crippen molar-refractivity contribution in [3.8, 4) is 0 Å². The Labute approximate surface area is 41.4 Å². The molecule has 0 aromatic carbocycles. The molecule has 0 saturated carbocycles. The highest BCUT2D eigenvalue weighted by Gasteiger charge is 1.85. The maximum absolute atomic E-state index is 9.65. The summed E-state index contributed by atoms with van der Waals surface area (Å²) in [5.41, 5.74) is 4.83. The van der Waals surface area contributed by atoms with Crippen LogP contribution in [0.15, 0.2) is 12.3 Å². The second-order valence-electron chi connectivity index (χ2n) is 1.03. The molecule has 3 heteroatoms. The van der Waals surface area contributed by atoms with Crippen molar-refractivity contribution in [2.75, 3.05) is 0 Å². The Morgan fingerprint density at radius 2 is 2.43 bits per heavy atom. The Kier molecular flexibility index (Phi) is 2.76. The summed E-state index contributed by atoms with van der Waals surface area (Å²) in [4.78, 5) is 9.65. The number of aliphatic carboxylic acids is 1. The van der Waals surface area contributed by atoms with E-state index in [9.17, 15) is 4.79 Å². The molecule has 0 heterocycles. The van der Waals surface area contributed by atoms with Crippen LogP contribution in [0.3, 0.4) is 0 Å². The molecule has 0 aromatic rings. The van der Waals surface area contributed by atoms with Gasteiger partial charge in [0, 0.05) is 0 Å². The maximum Gasteiger partial charge on any atom is 0.307 e. The van der Waals surface area contributed by atoms with Crippen LogP contribution in [0.5, 0.6) is 0 Å². The first-order valence-electron chi connectivity index (χ1n) is 1.86. The van der Waals surface area contributed by atoms with E-state index in [0.717, 1.165) is 0 Å². The van der Waals surface area contributed by atoms with Crippen molar-refractivity contribution in [1.29, 1.82) is 0 Å². The average Bonchev–Trinajstić information content (AvgIpc) is 1.61. The summed E-state index contributed by atoms with van der Waals surface area (Å²) in [5.74, 6) is -0.860. The first-order chi connectivity index (χ1) is 3.27. The zero-order chi connectivity index (χ0) is 5.70. The molecule has 0 fully saturated rings. The van der Waals surface area contributed by atoms with Gasteiger partial charge in [-0.3, -0.25) is 4.79 Å². The number of nitrogens with two attached hydrogens (primary N) is 1. The number of carboxylic acid groups (broad SMARTS) is 1. The molecule has 3 N–H and O–H groups in total. The molecule has 0 atom stereocenters. The van der Waals surface area contributed by atoms with Crippen molar-refractivity contribution < 1.29 is 9.90 Å². The lowest BCUT2D eigenvalue weighted by Gasteiger charge is -1.77. The Hall–Kier alpha value is -0.990. The van der Waals surface area contributed by atoms with E-state index in [1.165, 1.54) is 12.3 Å². The van der Waals surface area contributed by atoms with Gasteiger partial charge in [-0.25, -0.2) is 0 Å². The quantitative estimate of drug-likeness (QED) is 0.512. The van der Waals surface area contributed by atoms with Crippen LogP contribution in [0.25, 0.3) is 0 Å². The van der Waals surface area contributed by atoms with Gasteiger partial charge in [-0.15, -0.1) is 0 Å². The lowest BCUT2D eigenvalue weighted by Crippen LogP contribution is -1.90. The summed E-state index contributed by atoms with van der Waals surface area (Å²) in [7, 11) is 0. The predicted octanol–water partition coefficient (Wildman–Crippen LogP) is -0.0665. The van der Waals surface area contributed by atoms with Crippen LogP contribution in [0.2, 0.25) is 0 Å². The standard InChI is InChI=1S/C4H7NO2/c5-3-1-2-4(6)7/h1,3H,2,5H2,(H,6,7)/b3-1+. The van der Waals surface area contributed by atoms with Gasteiger partial charge >= 0.3 is 5.97 Å². The molecule has 0 unspecified atom stereocenters. The third-order valence-electron chi connectivity index (χ3n) is 0.429. The second-order valence-corrected chi connectivity index (χ2v) is 1.03. The summed E-state index contributed by atoms with van der Waals surface area (Å²) in [6.07, 6.45) is 2.60. The zero-order valence-electron chi connectivity index (χ0n) is 3.79. The second kappa shape index (κ2) is 3.21. The summed E-state index contributed by atoms with van der Waals surface area (Å²) in [5, 5.41) is 7.94. The van der Waals surface area contributed by atoms with E-state index >= 15 is 0 Å². The number of carboxylic acids is 1. The summed E-state index contributed by atoms with van der Waals surface area (Å²) in [6.45, 7) is 0. The molecule has 0 aromatic heterocycles. The SMILES string of the molecule is N/C=C/CC(=O)O. The van der Waals surface area contributed by atoms with Crippen LogP contribution in [0, 0.1) is 0 Å². The van der Waals surface area contributed by atoms with Crippen LogP contribution in [-0.2, 0) is 4.79 Å². The van der Waals surface area contributed by atoms with E-state index in [1.807, 2.05) is 0 Å². The minimum Gasteiger partial charge on any atom is -0.481 e. The summed E-state index contributed by atoms with van der Waals surface area (Å²) < 4.78 is 0. The van der Waals surface area contributed by atoms with Crippen molar-refractivity contribution in [2.24, 2.45) is 5.73 Å². The van der Waals surface area contributed by atoms with Crippen molar-refractivity contribution in [1.82, 2.24) is 0 Å². The number of carbonyl (C=O) groups is 1. The predicted molar refractivity (Wildman–Crippen MR) is 25.6 cm³/mol. The zero-order valence-corrected chi connectivity index (χ0v) is 3.79. The van der Waals surface area contributed by atoms with Crippen LogP contribution >= 0.6 is 0 Å². The third kappa shape index (κ3) is 5.01. The molecule has 3 nitrogen and oxygen atoms in total. The van der Waals surface area contributed by atoms with Crippen LogP contribution < -0.4 is 5.73 Å². The van der Waals surface area contributed by atoms with Gasteiger partial charge in [0.1, 0.15) is 0 Å². The highest BCUT2D eigenvalue weighted by molar-refractivity contribution is 5.68. The average molecular weight is 101 g/mol. The fourth-order valence-corrected chi connectivity index (χ4v) is 0.169. The molecule has 0 aliphatic heterocycles. The molecule has 0 aliphatic carbocycles. The smallest absolute Gasteiger partial charge is 0.307 e. The number of rotatable bonds is 2. The first-order valence-corrected chi connectivity index (χ1v) is 1.86. The minimum atomic E-state index is -0.860. The van der Waals surface area contributed by atoms with Crippen LogP contribution in [-0.4, -0.2) is 11.1 Å². The summed E-state index contributed by atoms with van der Waals surface area (Å²) in [6, 6.07) is 0. The first kappa shape index (κ1) is 6.01. The normalized spacial score (nSPS) is 9.71. The number of hydrogen-bond acceptors (Lipinski definition) is 2. The van der Waals surface area contributed by atoms with Gasteiger partial charge in [0.05, 0.1) is 6.42 Å². The molecule has 0 rings (SSSR count). The van der Waals surface area contributed by atoms with Crippen molar-refractivity contribution in [3.63, 3.8) is 0 Å². The molecule has 40 valence electrons. The molecule has 0 amide bonds. The minimum absolute atomic E-state index is 0.0104. The molecule has 0 radical (unpaired) electrons. The van der Waals surface area contributed by atoms with Crippen molar-refractivity contribution in [2.45, 2.75) is 6.42 Å². The van der Waals surface area contributed by atoms with Crippen molar-refractivity contribution in [3.05, 3.63) is 12.3 Å². The van der Waals surface area contributed by atoms with Crippen LogP contribution in [0.1, 0.15) is 6.42 Å². The van der Waals surface area contributed by atoms with Gasteiger partial charge in [0.15, 0.2) is 0 Å². The monoisotopic (exact) mass is 101 g/mol. The largest absolute Gasteiger partial charge is 0.481 e. The maximum atomic E-state index is 9.65. The van der Waals surface area contributed by atoms with Crippen molar-refractivity contribution >= 4 is 5.97 Å². The van der Waals surface area contributed by atoms with Gasteiger partial charge < -0.3 is 10.8 Å². The van der Waals surface area contributed by atoms with E-state index < -0.39 is 5.97 Å². The molecule has 0 aliphatic rings. The van der Waals surface area contributed by atoms with Gasteiger partial charge in [0.25, 0.3) is 0 Å². The molecule has 0 spiro atoms. The van der Waals surface area contributed by atoms with Gasteiger partial charge in [-0.2, -0.15) is 0 Å². The van der Waals surface area contributed by atoms with E-state index in [2.05, 4.69) is 0 Å². The highest BCUT2D eigenvalue weighted by Crippen LogP contribution is 1.76. The molecule has 7 heavy (non-hydrogen) atoms.